The van der Waals surface area contributed by atoms with E-state index >= 15 is 0 Å². The van der Waals surface area contributed by atoms with Gasteiger partial charge in [-0.05, 0) is 63.1 Å². The second-order valence-electron chi connectivity index (χ2n) is 8.14. The van der Waals surface area contributed by atoms with Gasteiger partial charge in [0.2, 0.25) is 10.0 Å². The molecule has 0 saturated carbocycles. The summed E-state index contributed by atoms with van der Waals surface area (Å²) in [6, 6.07) is 10.6. The van der Waals surface area contributed by atoms with Crippen molar-refractivity contribution >= 4 is 21.6 Å². The topological polar surface area (TPSA) is 79.0 Å². The largest absolute Gasteiger partial charge is 0.495 e. The fourth-order valence-corrected chi connectivity index (χ4v) is 5.25. The van der Waals surface area contributed by atoms with Crippen LogP contribution in [0.5, 0.6) is 5.75 Å². The summed E-state index contributed by atoms with van der Waals surface area (Å²) in [7, 11) is -2.38. The molecular formula is C23H31N3O4S. The van der Waals surface area contributed by atoms with Crippen LogP contribution in [-0.4, -0.2) is 58.6 Å². The third kappa shape index (κ3) is 5.02. The van der Waals surface area contributed by atoms with Crippen LogP contribution in [0.3, 0.4) is 0 Å². The molecule has 168 valence electrons. The first-order valence-electron chi connectivity index (χ1n) is 10.4. The molecule has 2 aromatic rings. The number of aryl methyl sites for hydroxylation is 1. The maximum atomic E-state index is 13.1. The number of amides is 1. The smallest absolute Gasteiger partial charge is 0.254 e. The first-order valence-corrected chi connectivity index (χ1v) is 11.9. The summed E-state index contributed by atoms with van der Waals surface area (Å²) in [4.78, 5) is 17.2. The van der Waals surface area contributed by atoms with Crippen molar-refractivity contribution in [2.45, 2.75) is 38.6 Å². The zero-order chi connectivity index (χ0) is 22.8. The van der Waals surface area contributed by atoms with E-state index in [4.69, 9.17) is 4.74 Å². The van der Waals surface area contributed by atoms with Crippen molar-refractivity contribution in [3.63, 3.8) is 0 Å². The molecule has 8 heteroatoms. The zero-order valence-corrected chi connectivity index (χ0v) is 19.6. The standard InChI is InChI=1S/C23H31N3O4S/c1-16(2)24-31(28,29)22-15-19(9-10-21(22)30-5)23(27)26-13-11-25(12-14-26)20-8-6-7-17(3)18(20)4/h6-10,15-16,24H,11-14H2,1-5H3. The number of nitrogens with one attached hydrogen (secondary N) is 1. The number of benzene rings is 2. The van der Waals surface area contributed by atoms with Crippen LogP contribution in [0.2, 0.25) is 0 Å². The summed E-state index contributed by atoms with van der Waals surface area (Å²) in [5.74, 6) is 0.0358. The molecule has 0 aliphatic carbocycles. The lowest BCUT2D eigenvalue weighted by Gasteiger charge is -2.37. The Bertz CT molecular complexity index is 1060. The van der Waals surface area contributed by atoms with Crippen molar-refractivity contribution in [2.75, 3.05) is 38.2 Å². The van der Waals surface area contributed by atoms with Gasteiger partial charge in [0.25, 0.3) is 5.91 Å². The maximum Gasteiger partial charge on any atom is 0.254 e. The van der Waals surface area contributed by atoms with E-state index in [0.717, 1.165) is 13.1 Å². The molecule has 1 fully saturated rings. The van der Waals surface area contributed by atoms with Crippen molar-refractivity contribution in [1.82, 2.24) is 9.62 Å². The molecule has 0 radical (unpaired) electrons. The monoisotopic (exact) mass is 445 g/mol. The van der Waals surface area contributed by atoms with Gasteiger partial charge >= 0.3 is 0 Å². The summed E-state index contributed by atoms with van der Waals surface area (Å²) in [6.07, 6.45) is 0. The normalized spacial score (nSPS) is 14.8. The molecule has 1 aliphatic heterocycles. The first-order chi connectivity index (χ1) is 14.6. The average molecular weight is 446 g/mol. The Morgan fingerprint density at radius 3 is 2.35 bits per heavy atom. The number of sulfonamides is 1. The van der Waals surface area contributed by atoms with E-state index in [1.807, 2.05) is 0 Å². The van der Waals surface area contributed by atoms with Crippen LogP contribution in [0, 0.1) is 13.8 Å². The molecular weight excluding hydrogens is 414 g/mol. The number of anilines is 1. The molecule has 1 saturated heterocycles. The van der Waals surface area contributed by atoms with Crippen LogP contribution in [0.4, 0.5) is 5.69 Å². The molecule has 0 spiro atoms. The van der Waals surface area contributed by atoms with Crippen molar-refractivity contribution in [3.8, 4) is 5.75 Å². The number of piperazine rings is 1. The molecule has 7 nitrogen and oxygen atoms in total. The van der Waals surface area contributed by atoms with E-state index in [1.54, 1.807) is 24.8 Å². The number of carbonyl (C=O) groups excluding carboxylic acids is 1. The van der Waals surface area contributed by atoms with Gasteiger partial charge in [0.1, 0.15) is 10.6 Å². The van der Waals surface area contributed by atoms with Crippen LogP contribution >= 0.6 is 0 Å². The van der Waals surface area contributed by atoms with Crippen LogP contribution < -0.4 is 14.4 Å². The number of rotatable bonds is 6. The molecule has 2 aromatic carbocycles. The highest BCUT2D eigenvalue weighted by Crippen LogP contribution is 2.27. The van der Waals surface area contributed by atoms with E-state index in [0.29, 0.717) is 18.7 Å². The molecule has 1 N–H and O–H groups in total. The van der Waals surface area contributed by atoms with E-state index < -0.39 is 10.0 Å². The Balaban J connectivity index is 1.78. The van der Waals surface area contributed by atoms with Crippen LogP contribution in [-0.2, 0) is 10.0 Å². The number of hydrogen-bond donors (Lipinski definition) is 1. The third-order valence-corrected chi connectivity index (χ3v) is 7.25. The minimum Gasteiger partial charge on any atom is -0.495 e. The molecule has 3 rings (SSSR count). The molecule has 0 bridgehead atoms. The third-order valence-electron chi connectivity index (χ3n) is 5.57. The number of nitrogens with zero attached hydrogens (tertiary/aromatic N) is 2. The van der Waals surface area contributed by atoms with Gasteiger partial charge in [-0.2, -0.15) is 0 Å². The van der Waals surface area contributed by atoms with E-state index in [-0.39, 0.29) is 22.6 Å². The Labute approximate surface area is 185 Å². The fraction of sp³-hybridized carbons (Fsp3) is 0.435. The second-order valence-corrected chi connectivity index (χ2v) is 9.82. The summed E-state index contributed by atoms with van der Waals surface area (Å²) in [5.41, 5.74) is 4.04. The predicted octanol–water partition coefficient (Wildman–Crippen LogP) is 2.96. The lowest BCUT2D eigenvalue weighted by atomic mass is 10.1. The van der Waals surface area contributed by atoms with Gasteiger partial charge < -0.3 is 14.5 Å². The minimum absolute atomic E-state index is 0.0245. The number of ether oxygens (including phenoxy) is 1. The first kappa shape index (κ1) is 23.1. The quantitative estimate of drug-likeness (QED) is 0.740. The highest BCUT2D eigenvalue weighted by Gasteiger charge is 2.26. The fourth-order valence-electron chi connectivity index (χ4n) is 3.80. The molecule has 0 aromatic heterocycles. The van der Waals surface area contributed by atoms with Crippen LogP contribution in [0.1, 0.15) is 35.3 Å². The Morgan fingerprint density at radius 2 is 1.74 bits per heavy atom. The Morgan fingerprint density at radius 1 is 1.06 bits per heavy atom. The zero-order valence-electron chi connectivity index (χ0n) is 18.8. The summed E-state index contributed by atoms with van der Waals surface area (Å²) < 4.78 is 33.2. The average Bonchev–Trinajstić information content (AvgIpc) is 2.74. The van der Waals surface area contributed by atoms with Gasteiger partial charge in [-0.3, -0.25) is 4.79 Å². The maximum absolute atomic E-state index is 13.1. The molecule has 1 heterocycles. The number of hydrogen-bond acceptors (Lipinski definition) is 5. The number of methoxy groups -OCH3 is 1. The van der Waals surface area contributed by atoms with Crippen molar-refractivity contribution in [2.24, 2.45) is 0 Å². The van der Waals surface area contributed by atoms with Gasteiger partial charge in [0, 0.05) is 43.5 Å². The van der Waals surface area contributed by atoms with Crippen molar-refractivity contribution < 1.29 is 17.9 Å². The van der Waals surface area contributed by atoms with Gasteiger partial charge in [0.15, 0.2) is 0 Å². The molecule has 0 unspecified atom stereocenters. The SMILES string of the molecule is COc1ccc(C(=O)N2CCN(c3cccc(C)c3C)CC2)cc1S(=O)(=O)NC(C)C. The minimum atomic E-state index is -3.80. The van der Waals surface area contributed by atoms with Gasteiger partial charge in [-0.25, -0.2) is 13.1 Å². The highest BCUT2D eigenvalue weighted by atomic mass is 32.2. The van der Waals surface area contributed by atoms with Crippen molar-refractivity contribution in [1.29, 1.82) is 0 Å². The van der Waals surface area contributed by atoms with Gasteiger partial charge in [-0.1, -0.05) is 12.1 Å². The Hall–Kier alpha value is -2.58. The molecule has 1 aliphatic rings. The van der Waals surface area contributed by atoms with E-state index in [2.05, 4.69) is 41.7 Å². The predicted molar refractivity (Wildman–Crippen MR) is 122 cm³/mol. The van der Waals surface area contributed by atoms with Crippen LogP contribution in [0.25, 0.3) is 0 Å². The number of carbonyl (C=O) groups is 1. The van der Waals surface area contributed by atoms with Crippen LogP contribution in [0.15, 0.2) is 41.3 Å². The van der Waals surface area contributed by atoms with E-state index in [1.165, 1.54) is 36.1 Å². The lowest BCUT2D eigenvalue weighted by Crippen LogP contribution is -2.49. The Kier molecular flexibility index (Phi) is 6.91. The summed E-state index contributed by atoms with van der Waals surface area (Å²) >= 11 is 0. The van der Waals surface area contributed by atoms with Gasteiger partial charge in [-0.15, -0.1) is 0 Å². The van der Waals surface area contributed by atoms with E-state index in [9.17, 15) is 13.2 Å². The van der Waals surface area contributed by atoms with Crippen molar-refractivity contribution in [3.05, 3.63) is 53.1 Å². The highest BCUT2D eigenvalue weighted by molar-refractivity contribution is 7.89. The summed E-state index contributed by atoms with van der Waals surface area (Å²) in [5, 5.41) is 0. The summed E-state index contributed by atoms with van der Waals surface area (Å²) in [6.45, 7) is 10.3. The van der Waals surface area contributed by atoms with Gasteiger partial charge in [0.05, 0.1) is 7.11 Å². The second kappa shape index (κ2) is 9.28. The molecule has 1 amide bonds. The lowest BCUT2D eigenvalue weighted by molar-refractivity contribution is 0.0746. The molecule has 0 atom stereocenters. The molecule has 31 heavy (non-hydrogen) atoms.